The van der Waals surface area contributed by atoms with Crippen LogP contribution in [-0.4, -0.2) is 18.2 Å². The van der Waals surface area contributed by atoms with Crippen molar-refractivity contribution in [3.05, 3.63) is 107 Å². The van der Waals surface area contributed by atoms with Gasteiger partial charge in [-0.25, -0.2) is 4.99 Å². The first-order chi connectivity index (χ1) is 15.6. The lowest BCUT2D eigenvalue weighted by Crippen LogP contribution is -2.32. The molecular formula is C26H25N3O2S. The van der Waals surface area contributed by atoms with Crippen LogP contribution < -0.4 is 15.4 Å². The highest BCUT2D eigenvalue weighted by Crippen LogP contribution is 2.33. The van der Waals surface area contributed by atoms with Crippen LogP contribution in [-0.2, 0) is 10.5 Å². The summed E-state index contributed by atoms with van der Waals surface area (Å²) >= 11 is 1.62. The number of nitrogens with one attached hydrogen (secondary N) is 2. The minimum Gasteiger partial charge on any atom is -0.497 e. The number of carbonyl (C=O) groups excluding carboxylic acids is 1. The molecule has 5 nitrogen and oxygen atoms in total. The Hall–Kier alpha value is -3.51. The van der Waals surface area contributed by atoms with Crippen molar-refractivity contribution < 1.29 is 9.53 Å². The number of amidine groups is 1. The molecule has 1 aliphatic rings. The number of anilines is 1. The number of carbonyl (C=O) groups is 1. The second kappa shape index (κ2) is 10.2. The first-order valence-corrected chi connectivity index (χ1v) is 11.4. The number of rotatable bonds is 6. The van der Waals surface area contributed by atoms with Crippen molar-refractivity contribution in [2.75, 3.05) is 12.4 Å². The number of methoxy groups -OCH3 is 1. The number of ether oxygens (including phenoxy) is 1. The van der Waals surface area contributed by atoms with E-state index < -0.39 is 0 Å². The molecule has 0 spiro atoms. The summed E-state index contributed by atoms with van der Waals surface area (Å²) in [5.41, 5.74) is 4.33. The van der Waals surface area contributed by atoms with Gasteiger partial charge < -0.3 is 15.4 Å². The fourth-order valence-corrected chi connectivity index (χ4v) is 4.39. The number of para-hydroxylation sites is 1. The third-order valence-corrected chi connectivity index (χ3v) is 6.10. The van der Waals surface area contributed by atoms with E-state index in [0.29, 0.717) is 5.57 Å². The topological polar surface area (TPSA) is 62.7 Å². The third kappa shape index (κ3) is 5.21. The van der Waals surface area contributed by atoms with Crippen molar-refractivity contribution in [1.82, 2.24) is 5.32 Å². The van der Waals surface area contributed by atoms with E-state index in [4.69, 9.17) is 9.73 Å². The number of allylic oxidation sites excluding steroid dienone is 1. The average molecular weight is 444 g/mol. The van der Waals surface area contributed by atoms with Crippen LogP contribution in [0.1, 0.15) is 24.1 Å². The van der Waals surface area contributed by atoms with Gasteiger partial charge >= 0.3 is 0 Å². The smallest absolute Gasteiger partial charge is 0.255 e. The largest absolute Gasteiger partial charge is 0.497 e. The fourth-order valence-electron chi connectivity index (χ4n) is 3.48. The summed E-state index contributed by atoms with van der Waals surface area (Å²) < 4.78 is 5.23. The van der Waals surface area contributed by atoms with Crippen LogP contribution in [0.15, 0.2) is 101 Å². The summed E-state index contributed by atoms with van der Waals surface area (Å²) in [4.78, 5) is 18.1. The second-order valence-corrected chi connectivity index (χ2v) is 8.33. The van der Waals surface area contributed by atoms with Gasteiger partial charge in [0, 0.05) is 17.1 Å². The van der Waals surface area contributed by atoms with Crippen molar-refractivity contribution >= 4 is 28.5 Å². The van der Waals surface area contributed by atoms with Crippen molar-refractivity contribution in [3.63, 3.8) is 0 Å². The van der Waals surface area contributed by atoms with Gasteiger partial charge in [-0.2, -0.15) is 0 Å². The highest BCUT2D eigenvalue weighted by Gasteiger charge is 2.29. The van der Waals surface area contributed by atoms with Gasteiger partial charge in [-0.3, -0.25) is 4.79 Å². The molecule has 0 radical (unpaired) electrons. The Kier molecular flexibility index (Phi) is 6.92. The lowest BCUT2D eigenvalue weighted by molar-refractivity contribution is -0.113. The molecule has 1 aliphatic heterocycles. The van der Waals surface area contributed by atoms with Crippen LogP contribution in [0.25, 0.3) is 0 Å². The Balaban J connectivity index is 1.56. The first-order valence-electron chi connectivity index (χ1n) is 10.4. The highest BCUT2D eigenvalue weighted by molar-refractivity contribution is 8.13. The van der Waals surface area contributed by atoms with E-state index in [-0.39, 0.29) is 11.9 Å². The Morgan fingerprint density at radius 2 is 1.66 bits per heavy atom. The molecule has 6 heteroatoms. The van der Waals surface area contributed by atoms with Crippen LogP contribution in [0, 0.1) is 0 Å². The van der Waals surface area contributed by atoms with Gasteiger partial charge in [0.1, 0.15) is 11.8 Å². The zero-order valence-corrected chi connectivity index (χ0v) is 18.9. The van der Waals surface area contributed by atoms with Gasteiger partial charge in [0.15, 0.2) is 5.17 Å². The maximum Gasteiger partial charge on any atom is 0.255 e. The summed E-state index contributed by atoms with van der Waals surface area (Å²) in [7, 11) is 1.66. The van der Waals surface area contributed by atoms with E-state index >= 15 is 0 Å². The van der Waals surface area contributed by atoms with E-state index in [0.717, 1.165) is 33.6 Å². The molecule has 0 aliphatic carbocycles. The van der Waals surface area contributed by atoms with E-state index in [1.54, 1.807) is 18.9 Å². The SMILES string of the molecule is COc1ccc(CSC2=N[C@H](c3ccccc3)C(C(=O)Nc3ccccc3)=C(C)N2)cc1. The molecule has 1 amide bonds. The molecule has 3 aromatic rings. The maximum absolute atomic E-state index is 13.2. The minimum absolute atomic E-state index is 0.155. The Bertz CT molecular complexity index is 1130. The fraction of sp³-hybridized carbons (Fsp3) is 0.154. The second-order valence-electron chi connectivity index (χ2n) is 7.37. The predicted molar refractivity (Wildman–Crippen MR) is 132 cm³/mol. The van der Waals surface area contributed by atoms with E-state index in [1.165, 1.54) is 5.56 Å². The quantitative estimate of drug-likeness (QED) is 0.525. The lowest BCUT2D eigenvalue weighted by atomic mass is 9.96. The van der Waals surface area contributed by atoms with Crippen molar-refractivity contribution in [1.29, 1.82) is 0 Å². The van der Waals surface area contributed by atoms with Gasteiger partial charge in [-0.1, -0.05) is 72.4 Å². The average Bonchev–Trinajstić information content (AvgIpc) is 2.83. The van der Waals surface area contributed by atoms with Gasteiger partial charge in [-0.05, 0) is 42.3 Å². The van der Waals surface area contributed by atoms with Crippen molar-refractivity contribution in [2.45, 2.75) is 18.7 Å². The molecule has 0 aromatic heterocycles. The molecule has 4 rings (SSSR count). The summed E-state index contributed by atoms with van der Waals surface area (Å²) in [6.45, 7) is 1.93. The van der Waals surface area contributed by atoms with Crippen LogP contribution in [0.5, 0.6) is 5.75 Å². The van der Waals surface area contributed by atoms with Crippen molar-refractivity contribution in [3.8, 4) is 5.75 Å². The zero-order chi connectivity index (χ0) is 22.3. The van der Waals surface area contributed by atoms with Gasteiger partial charge in [0.05, 0.1) is 12.7 Å². The van der Waals surface area contributed by atoms with Crippen molar-refractivity contribution in [2.24, 2.45) is 4.99 Å². The predicted octanol–water partition coefficient (Wildman–Crippen LogP) is 5.54. The summed E-state index contributed by atoms with van der Waals surface area (Å²) in [5.74, 6) is 1.44. The molecule has 0 fully saturated rings. The Morgan fingerprint density at radius 1 is 1.00 bits per heavy atom. The molecule has 1 atom stereocenters. The summed E-state index contributed by atoms with van der Waals surface area (Å²) in [5, 5.41) is 7.13. The molecule has 2 N–H and O–H groups in total. The summed E-state index contributed by atoms with van der Waals surface area (Å²) in [6.07, 6.45) is 0. The number of hydrogen-bond acceptors (Lipinski definition) is 5. The maximum atomic E-state index is 13.2. The van der Waals surface area contributed by atoms with Crippen LogP contribution in [0.2, 0.25) is 0 Å². The molecule has 32 heavy (non-hydrogen) atoms. The highest BCUT2D eigenvalue weighted by atomic mass is 32.2. The molecule has 0 bridgehead atoms. The van der Waals surface area contributed by atoms with Crippen LogP contribution >= 0.6 is 11.8 Å². The van der Waals surface area contributed by atoms with Crippen LogP contribution in [0.4, 0.5) is 5.69 Å². The minimum atomic E-state index is -0.375. The number of amides is 1. The normalized spacial score (nSPS) is 15.6. The third-order valence-electron chi connectivity index (χ3n) is 5.14. The molecule has 0 saturated heterocycles. The van der Waals surface area contributed by atoms with E-state index in [1.807, 2.05) is 91.9 Å². The number of thioether (sulfide) groups is 1. The molecule has 1 heterocycles. The molecular weight excluding hydrogens is 418 g/mol. The molecule has 162 valence electrons. The Labute approximate surface area is 192 Å². The lowest BCUT2D eigenvalue weighted by Gasteiger charge is -2.26. The number of aliphatic imine (C=N–C) groups is 1. The monoisotopic (exact) mass is 443 g/mol. The molecule has 0 unspecified atom stereocenters. The number of hydrogen-bond donors (Lipinski definition) is 2. The molecule has 3 aromatic carbocycles. The number of benzene rings is 3. The standard InChI is InChI=1S/C26H25N3O2S/c1-18-23(25(30)28-21-11-7-4-8-12-21)24(20-9-5-3-6-10-20)29-26(27-18)32-17-19-13-15-22(31-2)16-14-19/h3-16,24H,17H2,1-2H3,(H,27,29)(H,28,30)/t24-/m1/s1. The van der Waals surface area contributed by atoms with Gasteiger partial charge in [0.2, 0.25) is 0 Å². The Morgan fingerprint density at radius 3 is 2.31 bits per heavy atom. The van der Waals surface area contributed by atoms with E-state index in [2.05, 4.69) is 10.6 Å². The van der Waals surface area contributed by atoms with Gasteiger partial charge in [-0.15, -0.1) is 0 Å². The zero-order valence-electron chi connectivity index (χ0n) is 18.0. The summed E-state index contributed by atoms with van der Waals surface area (Å²) in [6, 6.07) is 27.0. The number of nitrogens with zero attached hydrogens (tertiary/aromatic N) is 1. The molecule has 0 saturated carbocycles. The first kappa shape index (κ1) is 21.7. The van der Waals surface area contributed by atoms with E-state index in [9.17, 15) is 4.79 Å². The van der Waals surface area contributed by atoms with Crippen LogP contribution in [0.3, 0.4) is 0 Å². The van der Waals surface area contributed by atoms with Gasteiger partial charge in [0.25, 0.3) is 5.91 Å².